The zero-order valence-corrected chi connectivity index (χ0v) is 20.9. The average Bonchev–Trinajstić information content (AvgIpc) is 3.50. The van der Waals surface area contributed by atoms with Crippen LogP contribution in [0.25, 0.3) is 10.2 Å². The molecule has 0 unspecified atom stereocenters. The highest BCUT2D eigenvalue weighted by molar-refractivity contribution is 8.01. The standard InChI is InChI=1S/C22H21N7O5S2/c1-3-34-16-5-6-17-19(9-16)36-22(25-17)35-12-20(30)26-24-10-14-4-7-18(33-2)15(8-14)11-28-13-23-21(27-28)29(31)32/h4-10,13H,3,11-12H2,1-2H3,(H,26,30). The van der Waals surface area contributed by atoms with Crippen LogP contribution >= 0.6 is 23.1 Å². The molecule has 0 saturated carbocycles. The SMILES string of the molecule is CCOc1ccc2nc(SCC(=O)NN=Cc3ccc(OC)c(Cn4cnc([N+](=O)[O-])n4)c3)sc2c1. The van der Waals surface area contributed by atoms with Crippen molar-refractivity contribution >= 4 is 51.4 Å². The van der Waals surface area contributed by atoms with Crippen molar-refractivity contribution < 1.29 is 19.2 Å². The molecular weight excluding hydrogens is 506 g/mol. The quantitative estimate of drug-likeness (QED) is 0.134. The minimum Gasteiger partial charge on any atom is -0.496 e. The summed E-state index contributed by atoms with van der Waals surface area (Å²) in [6.45, 7) is 2.74. The fourth-order valence-corrected chi connectivity index (χ4v) is 5.05. The number of carbonyl (C=O) groups excluding carboxylic acids is 1. The third kappa shape index (κ3) is 6.34. The van der Waals surface area contributed by atoms with Gasteiger partial charge in [0.05, 0.1) is 42.4 Å². The maximum Gasteiger partial charge on any atom is 0.490 e. The van der Waals surface area contributed by atoms with E-state index in [2.05, 4.69) is 25.6 Å². The number of amides is 1. The van der Waals surface area contributed by atoms with Gasteiger partial charge in [0, 0.05) is 10.7 Å². The second-order valence-electron chi connectivity index (χ2n) is 7.19. The Labute approximate surface area is 213 Å². The number of fused-ring (bicyclic) bond motifs is 1. The lowest BCUT2D eigenvalue weighted by molar-refractivity contribution is -0.394. The van der Waals surface area contributed by atoms with Crippen LogP contribution in [0.1, 0.15) is 18.1 Å². The molecular formula is C22H21N7O5S2. The number of nitrogens with zero attached hydrogens (tertiary/aromatic N) is 6. The number of benzene rings is 2. The number of thiazole rings is 1. The van der Waals surface area contributed by atoms with Crippen molar-refractivity contribution in [3.05, 3.63) is 64.0 Å². The van der Waals surface area contributed by atoms with Crippen molar-refractivity contribution in [1.29, 1.82) is 0 Å². The van der Waals surface area contributed by atoms with E-state index < -0.39 is 10.9 Å². The van der Waals surface area contributed by atoms with Gasteiger partial charge >= 0.3 is 5.95 Å². The van der Waals surface area contributed by atoms with Gasteiger partial charge in [0.1, 0.15) is 11.5 Å². The highest BCUT2D eigenvalue weighted by atomic mass is 32.2. The molecule has 12 nitrogen and oxygen atoms in total. The topological polar surface area (TPSA) is 147 Å². The summed E-state index contributed by atoms with van der Waals surface area (Å²) in [6, 6.07) is 11.0. The Morgan fingerprint density at radius 3 is 2.94 bits per heavy atom. The van der Waals surface area contributed by atoms with Gasteiger partial charge in [-0.05, 0) is 53.8 Å². The summed E-state index contributed by atoms with van der Waals surface area (Å²) in [5.41, 5.74) is 4.78. The summed E-state index contributed by atoms with van der Waals surface area (Å²) in [6.07, 6.45) is 2.78. The molecule has 0 aliphatic carbocycles. The van der Waals surface area contributed by atoms with Gasteiger partial charge in [0.2, 0.25) is 6.33 Å². The monoisotopic (exact) mass is 527 g/mol. The third-order valence-electron chi connectivity index (χ3n) is 4.71. The fraction of sp³-hybridized carbons (Fsp3) is 0.227. The smallest absolute Gasteiger partial charge is 0.490 e. The third-order valence-corrected chi connectivity index (χ3v) is 6.87. The first-order chi connectivity index (χ1) is 17.4. The number of rotatable bonds is 11. The number of thioether (sulfide) groups is 1. The van der Waals surface area contributed by atoms with Gasteiger partial charge in [-0.1, -0.05) is 16.7 Å². The minimum absolute atomic E-state index is 0.161. The molecule has 0 atom stereocenters. The van der Waals surface area contributed by atoms with Gasteiger partial charge in [0.15, 0.2) is 4.34 Å². The number of hydrazone groups is 1. The van der Waals surface area contributed by atoms with Crippen molar-refractivity contribution in [3.63, 3.8) is 0 Å². The van der Waals surface area contributed by atoms with Crippen molar-refractivity contribution in [2.75, 3.05) is 19.5 Å². The van der Waals surface area contributed by atoms with Crippen LogP contribution in [0.3, 0.4) is 0 Å². The second-order valence-corrected chi connectivity index (χ2v) is 9.45. The van der Waals surface area contributed by atoms with Gasteiger partial charge in [0.25, 0.3) is 5.91 Å². The van der Waals surface area contributed by atoms with Gasteiger partial charge < -0.3 is 19.6 Å². The largest absolute Gasteiger partial charge is 0.496 e. The zero-order valence-electron chi connectivity index (χ0n) is 19.3. The van der Waals surface area contributed by atoms with E-state index in [1.165, 1.54) is 47.4 Å². The van der Waals surface area contributed by atoms with Crippen molar-refractivity contribution in [3.8, 4) is 11.5 Å². The molecule has 2 aromatic carbocycles. The predicted molar refractivity (Wildman–Crippen MR) is 136 cm³/mol. The molecule has 0 fully saturated rings. The minimum atomic E-state index is -0.660. The van der Waals surface area contributed by atoms with Crippen LogP contribution in [0.2, 0.25) is 0 Å². The van der Waals surface area contributed by atoms with E-state index in [0.29, 0.717) is 23.5 Å². The molecule has 0 bridgehead atoms. The maximum atomic E-state index is 12.2. The van der Waals surface area contributed by atoms with Gasteiger partial charge in [-0.15, -0.1) is 11.3 Å². The van der Waals surface area contributed by atoms with Crippen molar-refractivity contribution in [2.24, 2.45) is 5.10 Å². The number of ether oxygens (including phenoxy) is 2. The van der Waals surface area contributed by atoms with Crippen LogP contribution in [0.5, 0.6) is 11.5 Å². The highest BCUT2D eigenvalue weighted by Crippen LogP contribution is 2.31. The lowest BCUT2D eigenvalue weighted by Crippen LogP contribution is -2.19. The van der Waals surface area contributed by atoms with Crippen LogP contribution in [0.4, 0.5) is 5.95 Å². The first-order valence-electron chi connectivity index (χ1n) is 10.6. The molecule has 0 radical (unpaired) electrons. The molecule has 2 aromatic heterocycles. The Morgan fingerprint density at radius 1 is 1.33 bits per heavy atom. The Kier molecular flexibility index (Phi) is 8.07. The molecule has 0 spiro atoms. The van der Waals surface area contributed by atoms with Crippen LogP contribution < -0.4 is 14.9 Å². The first-order valence-corrected chi connectivity index (χ1v) is 12.4. The number of nitro groups is 1. The van der Waals surface area contributed by atoms with Crippen LogP contribution in [0, 0.1) is 10.1 Å². The zero-order chi connectivity index (χ0) is 25.5. The molecule has 2 heterocycles. The number of hydrogen-bond donors (Lipinski definition) is 1. The summed E-state index contributed by atoms with van der Waals surface area (Å²) < 4.78 is 14.0. The summed E-state index contributed by atoms with van der Waals surface area (Å²) in [5.74, 6) is 0.785. The van der Waals surface area contributed by atoms with E-state index in [-0.39, 0.29) is 18.2 Å². The van der Waals surface area contributed by atoms with E-state index in [1.54, 1.807) is 18.2 Å². The number of hydrogen-bond acceptors (Lipinski definition) is 11. The van der Waals surface area contributed by atoms with E-state index in [9.17, 15) is 14.9 Å². The molecule has 0 aliphatic heterocycles. The molecule has 36 heavy (non-hydrogen) atoms. The number of carbonyl (C=O) groups is 1. The molecule has 4 rings (SSSR count). The number of methoxy groups -OCH3 is 1. The van der Waals surface area contributed by atoms with Gasteiger partial charge in [-0.25, -0.2) is 10.4 Å². The Balaban J connectivity index is 1.33. The van der Waals surface area contributed by atoms with E-state index in [0.717, 1.165) is 20.3 Å². The molecule has 4 aromatic rings. The number of aromatic nitrogens is 4. The molecule has 0 saturated heterocycles. The van der Waals surface area contributed by atoms with E-state index in [4.69, 9.17) is 9.47 Å². The van der Waals surface area contributed by atoms with Crippen LogP contribution in [-0.2, 0) is 11.3 Å². The average molecular weight is 528 g/mol. The molecule has 0 aliphatic rings. The van der Waals surface area contributed by atoms with Crippen molar-refractivity contribution in [2.45, 2.75) is 17.8 Å². The summed E-state index contributed by atoms with van der Waals surface area (Å²) >= 11 is 2.83. The van der Waals surface area contributed by atoms with Crippen LogP contribution in [0.15, 0.2) is 52.2 Å². The highest BCUT2D eigenvalue weighted by Gasteiger charge is 2.15. The second kappa shape index (κ2) is 11.6. The fourth-order valence-electron chi connectivity index (χ4n) is 3.16. The normalized spacial score (nSPS) is 11.2. The summed E-state index contributed by atoms with van der Waals surface area (Å²) in [4.78, 5) is 30.6. The van der Waals surface area contributed by atoms with Crippen LogP contribution in [-0.4, -0.2) is 56.3 Å². The lowest BCUT2D eigenvalue weighted by atomic mass is 10.1. The number of nitrogens with one attached hydrogen (secondary N) is 1. The van der Waals surface area contributed by atoms with Crippen molar-refractivity contribution in [1.82, 2.24) is 25.2 Å². The van der Waals surface area contributed by atoms with Gasteiger partial charge in [-0.2, -0.15) is 9.78 Å². The molecule has 1 amide bonds. The lowest BCUT2D eigenvalue weighted by Gasteiger charge is -2.08. The summed E-state index contributed by atoms with van der Waals surface area (Å²) in [7, 11) is 1.53. The Hall–Kier alpha value is -4.04. The molecule has 14 heteroatoms. The van der Waals surface area contributed by atoms with E-state index >= 15 is 0 Å². The molecule has 1 N–H and O–H groups in total. The Bertz CT molecular complexity index is 1420. The van der Waals surface area contributed by atoms with Gasteiger partial charge in [-0.3, -0.25) is 4.79 Å². The predicted octanol–water partition coefficient (Wildman–Crippen LogP) is 3.49. The Morgan fingerprint density at radius 2 is 2.19 bits per heavy atom. The summed E-state index contributed by atoms with van der Waals surface area (Å²) in [5, 5.41) is 18.6. The molecule has 186 valence electrons. The first kappa shape index (κ1) is 25.1. The maximum absolute atomic E-state index is 12.2. The van der Waals surface area contributed by atoms with E-state index in [1.807, 2.05) is 25.1 Å².